The average molecular weight is 559 g/mol. The lowest BCUT2D eigenvalue weighted by molar-refractivity contribution is 0.0822. The van der Waals surface area contributed by atoms with Gasteiger partial charge in [0.1, 0.15) is 17.1 Å². The second-order valence-corrected chi connectivity index (χ2v) is 12.8. The molecule has 0 fully saturated rings. The van der Waals surface area contributed by atoms with Crippen LogP contribution in [-0.2, 0) is 10.8 Å². The fourth-order valence-corrected chi connectivity index (χ4v) is 7.66. The third kappa shape index (κ3) is 2.77. The van der Waals surface area contributed by atoms with Crippen molar-refractivity contribution in [1.29, 1.82) is 0 Å². The first kappa shape index (κ1) is 25.2. The lowest BCUT2D eigenvalue weighted by atomic mass is 9.76. The Kier molecular flexibility index (Phi) is 4.71. The summed E-state index contributed by atoms with van der Waals surface area (Å²) in [4.78, 5) is 14.5. The number of rotatable bonds is 1. The van der Waals surface area contributed by atoms with Crippen LogP contribution < -0.4 is 24.0 Å². The van der Waals surface area contributed by atoms with Crippen molar-refractivity contribution in [3.05, 3.63) is 77.9 Å². The van der Waals surface area contributed by atoms with Crippen molar-refractivity contribution >= 4 is 46.0 Å². The van der Waals surface area contributed by atoms with E-state index >= 15 is 0 Å². The molecule has 2 spiro atoms. The number of anilines is 2. The number of aliphatic imine (C=N–C) groups is 2. The molecule has 0 saturated heterocycles. The Bertz CT molecular complexity index is 1890. The number of methoxy groups -OCH3 is 1. The molecular weight excluding hydrogens is 524 g/mol. The van der Waals surface area contributed by atoms with Crippen LogP contribution >= 0.6 is 0 Å². The monoisotopic (exact) mass is 558 g/mol. The van der Waals surface area contributed by atoms with Gasteiger partial charge in [-0.05, 0) is 51.0 Å². The van der Waals surface area contributed by atoms with Crippen LogP contribution in [0.5, 0.6) is 17.2 Å². The Morgan fingerprint density at radius 1 is 0.667 bits per heavy atom. The van der Waals surface area contributed by atoms with E-state index in [-0.39, 0.29) is 5.41 Å². The van der Waals surface area contributed by atoms with E-state index in [1.165, 1.54) is 5.56 Å². The van der Waals surface area contributed by atoms with E-state index in [4.69, 9.17) is 24.2 Å². The van der Waals surface area contributed by atoms with Crippen molar-refractivity contribution in [1.82, 2.24) is 0 Å². The molecule has 2 atom stereocenters. The fraction of sp³-hybridized carbons (Fsp3) is 0.314. The van der Waals surface area contributed by atoms with Gasteiger partial charge >= 0.3 is 0 Å². The minimum Gasteiger partial charge on any atom is -0.496 e. The van der Waals surface area contributed by atoms with E-state index in [2.05, 4.69) is 100 Å². The van der Waals surface area contributed by atoms with Crippen molar-refractivity contribution < 1.29 is 14.2 Å². The molecule has 0 bridgehead atoms. The predicted molar refractivity (Wildman–Crippen MR) is 169 cm³/mol. The number of para-hydroxylation sites is 1. The van der Waals surface area contributed by atoms with Crippen LogP contribution in [0.4, 0.5) is 22.7 Å². The van der Waals surface area contributed by atoms with Crippen LogP contribution in [0.2, 0.25) is 0 Å². The van der Waals surface area contributed by atoms with E-state index in [9.17, 15) is 0 Å². The Morgan fingerprint density at radius 2 is 1.29 bits per heavy atom. The van der Waals surface area contributed by atoms with Crippen LogP contribution in [0.25, 0.3) is 10.8 Å². The highest BCUT2D eigenvalue weighted by molar-refractivity contribution is 6.03. The number of fused-ring (bicyclic) bond motifs is 6. The molecule has 4 aliphatic rings. The minimum atomic E-state index is -0.860. The molecule has 0 aliphatic carbocycles. The highest BCUT2D eigenvalue weighted by atomic mass is 16.5. The Hall–Kier alpha value is -4.52. The first-order valence-corrected chi connectivity index (χ1v) is 14.4. The summed E-state index contributed by atoms with van der Waals surface area (Å²) in [5, 5.41) is 2.01. The molecule has 7 heteroatoms. The van der Waals surface area contributed by atoms with Gasteiger partial charge in [-0.1, -0.05) is 42.5 Å². The molecule has 8 rings (SSSR count). The zero-order valence-corrected chi connectivity index (χ0v) is 25.0. The Morgan fingerprint density at radius 3 is 2.02 bits per heavy atom. The van der Waals surface area contributed by atoms with Crippen molar-refractivity contribution in [2.24, 2.45) is 9.98 Å². The first-order chi connectivity index (χ1) is 20.1. The van der Waals surface area contributed by atoms with Gasteiger partial charge < -0.3 is 24.0 Å². The summed E-state index contributed by atoms with van der Waals surface area (Å²) in [5.41, 5.74) is 3.80. The number of likely N-dealkylation sites (N-methyl/N-ethyl adjacent to an activating group) is 2. The summed E-state index contributed by atoms with van der Waals surface area (Å²) >= 11 is 0. The second kappa shape index (κ2) is 7.85. The smallest absolute Gasteiger partial charge is 0.228 e. The molecule has 42 heavy (non-hydrogen) atoms. The molecular formula is C35H34N4O3. The second-order valence-electron chi connectivity index (χ2n) is 12.8. The van der Waals surface area contributed by atoms with Crippen molar-refractivity contribution in [3.8, 4) is 17.2 Å². The quantitative estimate of drug-likeness (QED) is 0.246. The molecule has 4 aliphatic heterocycles. The molecule has 0 aromatic heterocycles. The van der Waals surface area contributed by atoms with Gasteiger partial charge in [-0.3, -0.25) is 9.98 Å². The first-order valence-electron chi connectivity index (χ1n) is 14.4. The van der Waals surface area contributed by atoms with Gasteiger partial charge in [-0.15, -0.1) is 0 Å². The maximum Gasteiger partial charge on any atom is 0.228 e. The van der Waals surface area contributed by atoms with Gasteiger partial charge in [0.05, 0.1) is 30.4 Å². The molecule has 0 N–H and O–H groups in total. The highest BCUT2D eigenvalue weighted by Gasteiger charge is 2.61. The molecule has 4 aromatic rings. The van der Waals surface area contributed by atoms with Crippen molar-refractivity contribution in [2.75, 3.05) is 31.0 Å². The molecule has 2 unspecified atom stereocenters. The minimum absolute atomic E-state index is 0.324. The molecule has 212 valence electrons. The summed E-state index contributed by atoms with van der Waals surface area (Å²) in [6.45, 7) is 8.87. The average Bonchev–Trinajstić information content (AvgIpc) is 3.26. The van der Waals surface area contributed by atoms with Gasteiger partial charge in [0.2, 0.25) is 11.4 Å². The lowest BCUT2D eigenvalue weighted by Crippen LogP contribution is -2.61. The largest absolute Gasteiger partial charge is 0.496 e. The number of hydrogen-bond donors (Lipinski definition) is 0. The van der Waals surface area contributed by atoms with Gasteiger partial charge in [-0.2, -0.15) is 0 Å². The summed E-state index contributed by atoms with van der Waals surface area (Å²) in [7, 11) is 5.85. The Labute approximate surface area is 246 Å². The van der Waals surface area contributed by atoms with E-state index < -0.39 is 16.9 Å². The highest BCUT2D eigenvalue weighted by Crippen LogP contribution is 2.59. The zero-order chi connectivity index (χ0) is 29.2. The van der Waals surface area contributed by atoms with Crippen LogP contribution in [0.1, 0.15) is 38.8 Å². The van der Waals surface area contributed by atoms with Crippen LogP contribution in [0, 0.1) is 0 Å². The van der Waals surface area contributed by atoms with Gasteiger partial charge in [0.15, 0.2) is 11.5 Å². The number of hydrogen-bond acceptors (Lipinski definition) is 7. The zero-order valence-electron chi connectivity index (χ0n) is 25.0. The topological polar surface area (TPSA) is 58.9 Å². The van der Waals surface area contributed by atoms with Crippen molar-refractivity contribution in [3.63, 3.8) is 0 Å². The standard InChI is InChI=1S/C35H34N4O3/c1-32(2)23-14-10-11-15-26(23)38(5)34(32)19-36-25-16-24-27(17-29(25)41-34)39(6)35(33(24,3)4)20-37-31-22-13-9-8-12-21(22)28(40-7)18-30(31)42-35/h8-20H,1-7H3. The molecule has 0 saturated carbocycles. The Balaban J connectivity index is 1.23. The van der Waals surface area contributed by atoms with E-state index in [0.29, 0.717) is 5.75 Å². The van der Waals surface area contributed by atoms with Crippen LogP contribution in [-0.4, -0.2) is 45.1 Å². The van der Waals surface area contributed by atoms with E-state index in [1.807, 2.05) is 30.6 Å². The van der Waals surface area contributed by atoms with E-state index in [1.54, 1.807) is 7.11 Å². The summed E-state index contributed by atoms with van der Waals surface area (Å²) < 4.78 is 19.8. The third-order valence-corrected chi connectivity index (χ3v) is 10.3. The number of nitrogens with zero attached hydrogens (tertiary/aromatic N) is 4. The fourth-order valence-electron chi connectivity index (χ4n) is 7.66. The van der Waals surface area contributed by atoms with Crippen molar-refractivity contribution in [2.45, 2.75) is 50.0 Å². The normalized spacial score (nSPS) is 25.2. The van der Waals surface area contributed by atoms with Gasteiger partial charge in [0, 0.05) is 48.4 Å². The summed E-state index contributed by atoms with van der Waals surface area (Å²) in [6.07, 6.45) is 3.94. The van der Waals surface area contributed by atoms with Gasteiger partial charge in [0.25, 0.3) is 0 Å². The number of ether oxygens (including phenoxy) is 3. The van der Waals surface area contributed by atoms with E-state index in [0.717, 1.165) is 50.6 Å². The molecule has 7 nitrogen and oxygen atoms in total. The molecule has 0 amide bonds. The maximum absolute atomic E-state index is 7.00. The van der Waals surface area contributed by atoms with Crippen LogP contribution in [0.3, 0.4) is 0 Å². The lowest BCUT2D eigenvalue weighted by Gasteiger charge is -2.45. The molecule has 4 heterocycles. The third-order valence-electron chi connectivity index (χ3n) is 10.3. The maximum atomic E-state index is 7.00. The van der Waals surface area contributed by atoms with Crippen LogP contribution in [0.15, 0.2) is 76.7 Å². The van der Waals surface area contributed by atoms with Gasteiger partial charge in [-0.25, -0.2) is 0 Å². The summed E-state index contributed by atoms with van der Waals surface area (Å²) in [5.74, 6) is 2.22. The molecule has 0 radical (unpaired) electrons. The predicted octanol–water partition coefficient (Wildman–Crippen LogP) is 7.29. The molecule has 4 aromatic carbocycles. The summed E-state index contributed by atoms with van der Waals surface area (Å²) in [6, 6.07) is 22.9. The number of benzene rings is 4. The SMILES string of the molecule is COc1cc2c(c3ccccc13)N=CC1(O2)N(C)c2cc3c(cc2C1(C)C)N=CC1(O3)N(C)c2ccccc2C1(C)C.